The molecule has 3 aromatic rings. The minimum atomic E-state index is 0.219. The summed E-state index contributed by atoms with van der Waals surface area (Å²) in [5, 5.41) is 4.69. The van der Waals surface area contributed by atoms with Crippen LogP contribution in [0.1, 0.15) is 5.69 Å². The summed E-state index contributed by atoms with van der Waals surface area (Å²) in [4.78, 5) is 17.8. The van der Waals surface area contributed by atoms with Gasteiger partial charge in [0.25, 0.3) is 0 Å². The monoisotopic (exact) mass is 413 g/mol. The number of aliphatic imine (C=N–C) groups is 1. The van der Waals surface area contributed by atoms with E-state index in [4.69, 9.17) is 9.73 Å². The summed E-state index contributed by atoms with van der Waals surface area (Å²) in [6.07, 6.45) is 13.5. The van der Waals surface area contributed by atoms with E-state index in [0.717, 1.165) is 22.1 Å². The van der Waals surface area contributed by atoms with Gasteiger partial charge in [-0.05, 0) is 43.3 Å². The summed E-state index contributed by atoms with van der Waals surface area (Å²) in [6, 6.07) is 11.9. The van der Waals surface area contributed by atoms with Gasteiger partial charge in [0, 0.05) is 35.5 Å². The number of fused-ring (bicyclic) bond motifs is 1. The number of allylic oxidation sites excluding steroid dienone is 2. The van der Waals surface area contributed by atoms with Gasteiger partial charge in [-0.3, -0.25) is 9.98 Å². The number of nitrogens with one attached hydrogen (secondary N) is 1. The van der Waals surface area contributed by atoms with Gasteiger partial charge < -0.3 is 10.1 Å². The Balaban J connectivity index is 1.30. The van der Waals surface area contributed by atoms with Gasteiger partial charge in [0.1, 0.15) is 11.4 Å². The molecule has 7 heteroatoms. The molecule has 0 spiro atoms. The Kier molecular flexibility index (Phi) is 5.03. The lowest BCUT2D eigenvalue weighted by molar-refractivity contribution is 0.462. The van der Waals surface area contributed by atoms with Crippen molar-refractivity contribution in [1.82, 2.24) is 15.0 Å². The van der Waals surface area contributed by atoms with E-state index in [2.05, 4.69) is 38.5 Å². The van der Waals surface area contributed by atoms with E-state index in [9.17, 15) is 0 Å². The van der Waals surface area contributed by atoms with Crippen molar-refractivity contribution >= 4 is 22.6 Å². The van der Waals surface area contributed by atoms with Gasteiger partial charge in [-0.1, -0.05) is 36.1 Å². The Bertz CT molecular complexity index is 1140. The van der Waals surface area contributed by atoms with Crippen LogP contribution in [-0.4, -0.2) is 31.4 Å². The lowest BCUT2D eigenvalue weighted by atomic mass is 10.1. The molecule has 0 fully saturated rings. The highest BCUT2D eigenvalue weighted by Crippen LogP contribution is 2.33. The maximum atomic E-state index is 6.01. The number of hydrogen-bond donors (Lipinski definition) is 1. The molecule has 2 aromatic heterocycles. The molecular weight excluding hydrogens is 394 g/mol. The first-order valence-corrected chi connectivity index (χ1v) is 10.5. The van der Waals surface area contributed by atoms with Gasteiger partial charge in [0.05, 0.1) is 11.3 Å². The van der Waals surface area contributed by atoms with Crippen LogP contribution in [0.15, 0.2) is 84.3 Å². The molecule has 0 saturated heterocycles. The van der Waals surface area contributed by atoms with Gasteiger partial charge in [0.15, 0.2) is 5.17 Å². The van der Waals surface area contributed by atoms with Crippen LogP contribution < -0.4 is 10.1 Å². The molecule has 2 aliphatic rings. The van der Waals surface area contributed by atoms with Crippen LogP contribution in [0.25, 0.3) is 11.3 Å². The number of hydrogen-bond acceptors (Lipinski definition) is 7. The Morgan fingerprint density at radius 2 is 1.77 bits per heavy atom. The van der Waals surface area contributed by atoms with Crippen LogP contribution in [0.5, 0.6) is 11.6 Å². The van der Waals surface area contributed by atoms with E-state index >= 15 is 0 Å². The number of ether oxygens (including phenoxy) is 1. The number of pyridine rings is 1. The fraction of sp³-hybridized carbons (Fsp3) is 0.130. The quantitative estimate of drug-likeness (QED) is 0.648. The Morgan fingerprint density at radius 1 is 0.933 bits per heavy atom. The summed E-state index contributed by atoms with van der Waals surface area (Å²) < 4.78 is 6.01. The zero-order chi connectivity index (χ0) is 20.3. The van der Waals surface area contributed by atoms with E-state index in [0.29, 0.717) is 22.6 Å². The highest BCUT2D eigenvalue weighted by Gasteiger charge is 2.27. The summed E-state index contributed by atoms with van der Waals surface area (Å²) in [7, 11) is 0. The molecule has 0 amide bonds. The van der Waals surface area contributed by atoms with Crippen molar-refractivity contribution in [3.05, 3.63) is 85.0 Å². The zero-order valence-electron chi connectivity index (χ0n) is 16.3. The van der Waals surface area contributed by atoms with E-state index in [1.165, 1.54) is 0 Å². The number of thioether (sulfide) groups is 1. The van der Waals surface area contributed by atoms with Gasteiger partial charge in [-0.2, -0.15) is 0 Å². The number of rotatable bonds is 4. The molecule has 0 bridgehead atoms. The molecule has 1 aromatic carbocycles. The van der Waals surface area contributed by atoms with Crippen LogP contribution in [-0.2, 0) is 0 Å². The normalized spacial score (nSPS) is 19.3. The Labute approximate surface area is 178 Å². The number of amidine groups is 1. The standard InChI is InChI=1S/C23H19N5OS/c1-15-6-7-16(14-26-15)21-22(25-13-12-24-21)29-18-10-8-17(9-11-18)27-23-28-19-4-2-3-5-20(19)30-23/h2-14,19-20H,1H3,(H,27,28). The predicted octanol–water partition coefficient (Wildman–Crippen LogP) is 5.02. The van der Waals surface area contributed by atoms with Crippen molar-refractivity contribution < 1.29 is 4.74 Å². The fourth-order valence-corrected chi connectivity index (χ4v) is 4.28. The smallest absolute Gasteiger partial charge is 0.246 e. The van der Waals surface area contributed by atoms with Crippen molar-refractivity contribution in [3.63, 3.8) is 0 Å². The third-order valence-corrected chi connectivity index (χ3v) is 5.88. The van der Waals surface area contributed by atoms with Crippen molar-refractivity contribution in [2.75, 3.05) is 5.32 Å². The molecule has 2 unspecified atom stereocenters. The first-order valence-electron chi connectivity index (χ1n) is 9.63. The van der Waals surface area contributed by atoms with E-state index < -0.39 is 0 Å². The van der Waals surface area contributed by atoms with Gasteiger partial charge in [0.2, 0.25) is 5.88 Å². The van der Waals surface area contributed by atoms with Crippen LogP contribution >= 0.6 is 11.8 Å². The summed E-state index contributed by atoms with van der Waals surface area (Å²) in [6.45, 7) is 1.95. The summed E-state index contributed by atoms with van der Waals surface area (Å²) in [5.74, 6) is 1.13. The molecule has 1 N–H and O–H groups in total. The number of aromatic nitrogens is 3. The maximum absolute atomic E-state index is 6.01. The molecule has 0 saturated carbocycles. The second-order valence-corrected chi connectivity index (χ2v) is 8.09. The van der Waals surface area contributed by atoms with Crippen molar-refractivity contribution in [1.29, 1.82) is 0 Å². The molecule has 5 rings (SSSR count). The second-order valence-electron chi connectivity index (χ2n) is 6.93. The maximum Gasteiger partial charge on any atom is 0.246 e. The van der Waals surface area contributed by atoms with Crippen LogP contribution in [0.2, 0.25) is 0 Å². The van der Waals surface area contributed by atoms with Crippen LogP contribution in [0, 0.1) is 6.92 Å². The third-order valence-electron chi connectivity index (χ3n) is 4.74. The van der Waals surface area contributed by atoms with Gasteiger partial charge >= 0.3 is 0 Å². The molecule has 3 heterocycles. The van der Waals surface area contributed by atoms with Gasteiger partial charge in [-0.25, -0.2) is 9.97 Å². The predicted molar refractivity (Wildman–Crippen MR) is 121 cm³/mol. The number of aryl methyl sites for hydroxylation is 1. The second kappa shape index (κ2) is 8.12. The minimum Gasteiger partial charge on any atom is -0.437 e. The molecular formula is C23H19N5OS. The lowest BCUT2D eigenvalue weighted by Crippen LogP contribution is -2.13. The van der Waals surface area contributed by atoms with Gasteiger partial charge in [-0.15, -0.1) is 0 Å². The summed E-state index contributed by atoms with van der Waals surface area (Å²) >= 11 is 1.74. The number of nitrogens with zero attached hydrogens (tertiary/aromatic N) is 4. The first-order chi connectivity index (χ1) is 14.7. The molecule has 1 aliphatic carbocycles. The zero-order valence-corrected chi connectivity index (χ0v) is 17.1. The molecule has 6 nitrogen and oxygen atoms in total. The topological polar surface area (TPSA) is 72.3 Å². The van der Waals surface area contributed by atoms with Crippen LogP contribution in [0.3, 0.4) is 0 Å². The van der Waals surface area contributed by atoms with Crippen molar-refractivity contribution in [2.45, 2.75) is 18.2 Å². The average molecular weight is 414 g/mol. The SMILES string of the molecule is Cc1ccc(-c2nccnc2Oc2ccc(NC3=NC4C=CC=CC4S3)cc2)cn1. The molecule has 1 aliphatic heterocycles. The van der Waals surface area contributed by atoms with Crippen molar-refractivity contribution in [2.24, 2.45) is 4.99 Å². The average Bonchev–Trinajstić information content (AvgIpc) is 3.18. The highest BCUT2D eigenvalue weighted by molar-refractivity contribution is 8.15. The van der Waals surface area contributed by atoms with Crippen molar-refractivity contribution in [3.8, 4) is 22.9 Å². The Morgan fingerprint density at radius 3 is 2.57 bits per heavy atom. The highest BCUT2D eigenvalue weighted by atomic mass is 32.2. The minimum absolute atomic E-state index is 0.219. The van der Waals surface area contributed by atoms with E-state index in [-0.39, 0.29) is 6.04 Å². The molecule has 0 radical (unpaired) electrons. The largest absolute Gasteiger partial charge is 0.437 e. The summed E-state index contributed by atoms with van der Waals surface area (Å²) in [5.41, 5.74) is 3.43. The molecule has 30 heavy (non-hydrogen) atoms. The van der Waals surface area contributed by atoms with Crippen LogP contribution in [0.4, 0.5) is 5.69 Å². The molecule has 2 atom stereocenters. The number of benzene rings is 1. The fourth-order valence-electron chi connectivity index (χ4n) is 3.20. The Hall–Kier alpha value is -3.45. The van der Waals surface area contributed by atoms with E-state index in [1.54, 1.807) is 30.4 Å². The lowest BCUT2D eigenvalue weighted by Gasteiger charge is -2.11. The first kappa shape index (κ1) is 18.6. The third kappa shape index (κ3) is 3.97. The molecule has 148 valence electrons. The van der Waals surface area contributed by atoms with E-state index in [1.807, 2.05) is 49.4 Å². The number of anilines is 1.